The van der Waals surface area contributed by atoms with Crippen molar-refractivity contribution in [1.82, 2.24) is 10.6 Å². The zero-order chi connectivity index (χ0) is 20.5. The first-order valence-corrected chi connectivity index (χ1v) is 10.2. The highest BCUT2D eigenvalue weighted by atomic mass is 127. The van der Waals surface area contributed by atoms with Crippen molar-refractivity contribution in [2.24, 2.45) is 0 Å². The van der Waals surface area contributed by atoms with Gasteiger partial charge in [0.15, 0.2) is 16.6 Å². The van der Waals surface area contributed by atoms with Crippen LogP contribution < -0.4 is 24.8 Å². The molecular formula is C20H23IN2O4S. The molecule has 1 amide bonds. The van der Waals surface area contributed by atoms with Gasteiger partial charge in [0.05, 0.1) is 24.4 Å². The minimum atomic E-state index is -0.279. The Labute approximate surface area is 184 Å². The van der Waals surface area contributed by atoms with Crippen LogP contribution in [0.25, 0.3) is 0 Å². The minimum Gasteiger partial charge on any atom is -0.496 e. The topological polar surface area (TPSA) is 68.8 Å². The molecule has 0 saturated heterocycles. The van der Waals surface area contributed by atoms with Gasteiger partial charge in [-0.3, -0.25) is 10.1 Å². The van der Waals surface area contributed by atoms with Crippen LogP contribution in [0.15, 0.2) is 36.4 Å². The van der Waals surface area contributed by atoms with Crippen molar-refractivity contribution in [3.8, 4) is 17.2 Å². The van der Waals surface area contributed by atoms with Crippen molar-refractivity contribution in [3.63, 3.8) is 0 Å². The second-order valence-electron chi connectivity index (χ2n) is 5.82. The number of halogens is 1. The van der Waals surface area contributed by atoms with E-state index in [4.69, 9.17) is 26.4 Å². The van der Waals surface area contributed by atoms with E-state index in [1.807, 2.05) is 25.1 Å². The van der Waals surface area contributed by atoms with E-state index < -0.39 is 0 Å². The molecule has 0 aliphatic carbocycles. The predicted octanol–water partition coefficient (Wildman–Crippen LogP) is 3.90. The third-order valence-electron chi connectivity index (χ3n) is 3.78. The van der Waals surface area contributed by atoms with Gasteiger partial charge in [-0.25, -0.2) is 0 Å². The standard InChI is InChI=1S/C20H23IN2O4S/c1-4-9-27-17-7-5-13(10-18(17)26-3)12-22-20(28)23-19(24)14-6-8-16(25-2)15(21)11-14/h5-8,10-11H,4,9,12H2,1-3H3,(H2,22,23,24,28). The van der Waals surface area contributed by atoms with Gasteiger partial charge in [-0.1, -0.05) is 13.0 Å². The molecule has 6 nitrogen and oxygen atoms in total. The zero-order valence-corrected chi connectivity index (χ0v) is 19.0. The largest absolute Gasteiger partial charge is 0.496 e. The molecule has 0 bridgehead atoms. The summed E-state index contributed by atoms with van der Waals surface area (Å²) in [6.45, 7) is 3.13. The van der Waals surface area contributed by atoms with Gasteiger partial charge in [0.2, 0.25) is 0 Å². The smallest absolute Gasteiger partial charge is 0.257 e. The van der Waals surface area contributed by atoms with Crippen molar-refractivity contribution < 1.29 is 19.0 Å². The first-order valence-electron chi connectivity index (χ1n) is 8.71. The predicted molar refractivity (Wildman–Crippen MR) is 121 cm³/mol. The maximum absolute atomic E-state index is 12.3. The van der Waals surface area contributed by atoms with Gasteiger partial charge in [-0.15, -0.1) is 0 Å². The maximum atomic E-state index is 12.3. The van der Waals surface area contributed by atoms with Crippen molar-refractivity contribution in [1.29, 1.82) is 0 Å². The first kappa shape index (κ1) is 22.2. The Bertz CT molecular complexity index is 845. The van der Waals surface area contributed by atoms with E-state index in [1.165, 1.54) is 0 Å². The number of carbonyl (C=O) groups excluding carboxylic acids is 1. The lowest BCUT2D eigenvalue weighted by Gasteiger charge is -2.13. The number of thiocarbonyl (C=S) groups is 1. The van der Waals surface area contributed by atoms with Crippen LogP contribution in [0.3, 0.4) is 0 Å². The van der Waals surface area contributed by atoms with Crippen molar-refractivity contribution in [2.75, 3.05) is 20.8 Å². The Balaban J connectivity index is 1.93. The van der Waals surface area contributed by atoms with Crippen molar-refractivity contribution in [3.05, 3.63) is 51.1 Å². The number of hydrogen-bond acceptors (Lipinski definition) is 5. The molecule has 0 spiro atoms. The van der Waals surface area contributed by atoms with E-state index in [9.17, 15) is 4.79 Å². The Morgan fingerprint density at radius 1 is 1.07 bits per heavy atom. The quantitative estimate of drug-likeness (QED) is 0.412. The molecular weight excluding hydrogens is 491 g/mol. The average Bonchev–Trinajstić information content (AvgIpc) is 2.70. The number of carbonyl (C=O) groups is 1. The molecule has 28 heavy (non-hydrogen) atoms. The summed E-state index contributed by atoms with van der Waals surface area (Å²) in [4.78, 5) is 12.3. The van der Waals surface area contributed by atoms with E-state index in [2.05, 4.69) is 33.2 Å². The number of nitrogens with one attached hydrogen (secondary N) is 2. The molecule has 0 fully saturated rings. The molecule has 150 valence electrons. The highest BCUT2D eigenvalue weighted by Crippen LogP contribution is 2.28. The summed E-state index contributed by atoms with van der Waals surface area (Å²) in [5, 5.41) is 5.96. The fourth-order valence-corrected chi connectivity index (χ4v) is 3.26. The second-order valence-corrected chi connectivity index (χ2v) is 7.39. The summed E-state index contributed by atoms with van der Waals surface area (Å²) in [5.74, 6) is 1.81. The lowest BCUT2D eigenvalue weighted by Crippen LogP contribution is -2.38. The lowest BCUT2D eigenvalue weighted by atomic mass is 10.2. The third kappa shape index (κ3) is 6.23. The Hall–Kier alpha value is -2.07. The molecule has 8 heteroatoms. The van der Waals surface area contributed by atoms with Gasteiger partial charge in [-0.2, -0.15) is 0 Å². The van der Waals surface area contributed by atoms with E-state index in [1.54, 1.807) is 32.4 Å². The Kier molecular flexibility index (Phi) is 8.78. The zero-order valence-electron chi connectivity index (χ0n) is 16.0. The van der Waals surface area contributed by atoms with E-state index >= 15 is 0 Å². The second kappa shape index (κ2) is 11.1. The minimum absolute atomic E-state index is 0.251. The average molecular weight is 514 g/mol. The molecule has 0 radical (unpaired) electrons. The van der Waals surface area contributed by atoms with Gasteiger partial charge in [0, 0.05) is 12.1 Å². The molecule has 0 unspecified atom stereocenters. The summed E-state index contributed by atoms with van der Waals surface area (Å²) in [7, 11) is 3.19. The molecule has 2 N–H and O–H groups in total. The van der Waals surface area contributed by atoms with Crippen molar-refractivity contribution >= 4 is 45.8 Å². The lowest BCUT2D eigenvalue weighted by molar-refractivity contribution is 0.0976. The highest BCUT2D eigenvalue weighted by Gasteiger charge is 2.11. The van der Waals surface area contributed by atoms with Gasteiger partial charge in [-0.05, 0) is 77.1 Å². The molecule has 2 rings (SSSR count). The molecule has 0 heterocycles. The monoisotopic (exact) mass is 514 g/mol. The summed E-state index contributed by atoms with van der Waals surface area (Å²) < 4.78 is 17.1. The highest BCUT2D eigenvalue weighted by molar-refractivity contribution is 14.1. The summed E-state index contributed by atoms with van der Waals surface area (Å²) in [6, 6.07) is 10.9. The van der Waals surface area contributed by atoms with Crippen LogP contribution in [-0.4, -0.2) is 31.8 Å². The van der Waals surface area contributed by atoms with Gasteiger partial charge >= 0.3 is 0 Å². The number of ether oxygens (including phenoxy) is 3. The van der Waals surface area contributed by atoms with Gasteiger partial charge in [0.1, 0.15) is 5.75 Å². The third-order valence-corrected chi connectivity index (χ3v) is 4.87. The van der Waals surface area contributed by atoms with E-state index in [0.717, 1.165) is 21.3 Å². The fraction of sp³-hybridized carbons (Fsp3) is 0.300. The fourth-order valence-electron chi connectivity index (χ4n) is 2.36. The molecule has 0 saturated carbocycles. The van der Waals surface area contributed by atoms with Gasteiger partial charge in [0.25, 0.3) is 5.91 Å². The summed E-state index contributed by atoms with van der Waals surface area (Å²) >= 11 is 7.35. The number of amides is 1. The number of hydrogen-bond donors (Lipinski definition) is 2. The summed E-state index contributed by atoms with van der Waals surface area (Å²) in [5.41, 5.74) is 1.46. The number of methoxy groups -OCH3 is 2. The number of rotatable bonds is 8. The Morgan fingerprint density at radius 2 is 1.79 bits per heavy atom. The van der Waals surface area contributed by atoms with Crippen LogP contribution in [0.1, 0.15) is 29.3 Å². The van der Waals surface area contributed by atoms with Crippen LogP contribution in [-0.2, 0) is 6.54 Å². The van der Waals surface area contributed by atoms with Crippen LogP contribution in [0.2, 0.25) is 0 Å². The molecule has 0 atom stereocenters. The molecule has 0 aliphatic heterocycles. The van der Waals surface area contributed by atoms with Crippen LogP contribution in [0.5, 0.6) is 17.2 Å². The van der Waals surface area contributed by atoms with Crippen LogP contribution in [0, 0.1) is 3.57 Å². The van der Waals surface area contributed by atoms with Crippen LogP contribution >= 0.6 is 34.8 Å². The van der Waals surface area contributed by atoms with Gasteiger partial charge < -0.3 is 19.5 Å². The first-order chi connectivity index (χ1) is 13.5. The number of benzene rings is 2. The van der Waals surface area contributed by atoms with Crippen molar-refractivity contribution in [2.45, 2.75) is 19.9 Å². The van der Waals surface area contributed by atoms with E-state index in [0.29, 0.717) is 30.2 Å². The molecule has 0 aliphatic rings. The molecule has 0 aromatic heterocycles. The van der Waals surface area contributed by atoms with E-state index in [-0.39, 0.29) is 11.0 Å². The van der Waals surface area contributed by atoms with Crippen LogP contribution in [0.4, 0.5) is 0 Å². The normalized spacial score (nSPS) is 10.1. The summed E-state index contributed by atoms with van der Waals surface area (Å²) in [6.07, 6.45) is 0.924. The Morgan fingerprint density at radius 3 is 2.43 bits per heavy atom. The molecule has 2 aromatic carbocycles. The maximum Gasteiger partial charge on any atom is 0.257 e. The SMILES string of the molecule is CCCOc1ccc(CNC(=S)NC(=O)c2ccc(OC)c(I)c2)cc1OC. The molecule has 2 aromatic rings.